The predicted octanol–water partition coefficient (Wildman–Crippen LogP) is 4.16. The number of aryl methyl sites for hydroxylation is 3. The molecule has 0 radical (unpaired) electrons. The summed E-state index contributed by atoms with van der Waals surface area (Å²) in [4.78, 5) is 16.6. The van der Waals surface area contributed by atoms with Gasteiger partial charge in [0.05, 0.1) is 17.2 Å². The van der Waals surface area contributed by atoms with Crippen molar-refractivity contribution in [1.82, 2.24) is 24.4 Å². The molecular formula is C23H27N5. The van der Waals surface area contributed by atoms with Gasteiger partial charge < -0.3 is 9.47 Å². The summed E-state index contributed by atoms with van der Waals surface area (Å²) in [6.45, 7) is 6.14. The Hall–Kier alpha value is -2.53. The van der Waals surface area contributed by atoms with Gasteiger partial charge in [0, 0.05) is 41.0 Å². The Labute approximate surface area is 166 Å². The fourth-order valence-electron chi connectivity index (χ4n) is 4.70. The van der Waals surface area contributed by atoms with E-state index in [9.17, 15) is 0 Å². The topological polar surface area (TPSA) is 46.8 Å². The van der Waals surface area contributed by atoms with E-state index in [2.05, 4.69) is 46.8 Å². The van der Waals surface area contributed by atoms with E-state index in [-0.39, 0.29) is 0 Å². The molecule has 1 aliphatic heterocycles. The number of nitrogens with zero attached hydrogens (tertiary/aromatic N) is 5. The molecule has 0 saturated heterocycles. The Morgan fingerprint density at radius 3 is 2.82 bits per heavy atom. The molecular weight excluding hydrogens is 346 g/mol. The number of fused-ring (bicyclic) bond motifs is 4. The van der Waals surface area contributed by atoms with Crippen LogP contribution in [0.15, 0.2) is 18.3 Å². The van der Waals surface area contributed by atoms with Crippen molar-refractivity contribution >= 4 is 22.8 Å². The van der Waals surface area contributed by atoms with E-state index in [0.29, 0.717) is 0 Å². The second-order valence-electron chi connectivity index (χ2n) is 8.24. The van der Waals surface area contributed by atoms with Crippen LogP contribution in [0, 0.1) is 13.8 Å². The third kappa shape index (κ3) is 2.94. The molecule has 2 aliphatic rings. The zero-order valence-corrected chi connectivity index (χ0v) is 17.0. The fraction of sp³-hybridized carbons (Fsp3) is 0.435. The molecule has 4 heterocycles. The van der Waals surface area contributed by atoms with Crippen molar-refractivity contribution in [2.75, 3.05) is 13.6 Å². The first-order valence-corrected chi connectivity index (χ1v) is 10.3. The monoisotopic (exact) mass is 373 g/mol. The Kier molecular flexibility index (Phi) is 4.27. The average molecular weight is 374 g/mol. The predicted molar refractivity (Wildman–Crippen MR) is 113 cm³/mol. The van der Waals surface area contributed by atoms with Gasteiger partial charge in [0.25, 0.3) is 0 Å². The number of aromatic nitrogens is 4. The van der Waals surface area contributed by atoms with Crippen molar-refractivity contribution in [2.24, 2.45) is 0 Å². The summed E-state index contributed by atoms with van der Waals surface area (Å²) in [7, 11) is 2.20. The van der Waals surface area contributed by atoms with Gasteiger partial charge in [-0.3, -0.25) is 4.98 Å². The highest BCUT2D eigenvalue weighted by Crippen LogP contribution is 2.34. The van der Waals surface area contributed by atoms with Crippen LogP contribution < -0.4 is 0 Å². The lowest BCUT2D eigenvalue weighted by molar-refractivity contribution is 0.333. The number of hydrogen-bond donors (Lipinski definition) is 0. The van der Waals surface area contributed by atoms with Crippen LogP contribution in [0.2, 0.25) is 0 Å². The van der Waals surface area contributed by atoms with Crippen molar-refractivity contribution < 1.29 is 0 Å². The van der Waals surface area contributed by atoms with Crippen molar-refractivity contribution in [3.63, 3.8) is 0 Å². The zero-order valence-electron chi connectivity index (χ0n) is 17.0. The maximum atomic E-state index is 4.83. The van der Waals surface area contributed by atoms with E-state index in [1.165, 1.54) is 34.5 Å². The minimum Gasteiger partial charge on any atom is -0.317 e. The SMILES string of the molecule is Cc1ccc2c(n1)CCC/C2=C\n1c2c(c3nc(C)ncc31)CN(C)CCC2. The molecule has 3 aromatic rings. The average Bonchev–Trinajstić information content (AvgIpc) is 2.82. The maximum absolute atomic E-state index is 4.83. The van der Waals surface area contributed by atoms with E-state index in [1.54, 1.807) is 0 Å². The molecule has 5 nitrogen and oxygen atoms in total. The summed E-state index contributed by atoms with van der Waals surface area (Å²) in [5.74, 6) is 0.842. The Bertz CT molecular complexity index is 1090. The van der Waals surface area contributed by atoms with Gasteiger partial charge in [0.15, 0.2) is 0 Å². The highest BCUT2D eigenvalue weighted by Gasteiger charge is 2.23. The van der Waals surface area contributed by atoms with Crippen molar-refractivity contribution in [3.8, 4) is 0 Å². The first-order chi connectivity index (χ1) is 13.6. The van der Waals surface area contributed by atoms with E-state index >= 15 is 0 Å². The molecule has 144 valence electrons. The molecule has 5 rings (SSSR count). The van der Waals surface area contributed by atoms with Gasteiger partial charge in [0.2, 0.25) is 0 Å². The normalized spacial score (nSPS) is 18.9. The summed E-state index contributed by atoms with van der Waals surface area (Å²) in [6, 6.07) is 4.38. The summed E-state index contributed by atoms with van der Waals surface area (Å²) < 4.78 is 2.38. The van der Waals surface area contributed by atoms with Crippen LogP contribution in [0.3, 0.4) is 0 Å². The smallest absolute Gasteiger partial charge is 0.126 e. The van der Waals surface area contributed by atoms with Gasteiger partial charge >= 0.3 is 0 Å². The Balaban J connectivity index is 1.72. The fourth-order valence-corrected chi connectivity index (χ4v) is 4.70. The molecule has 0 bridgehead atoms. The molecule has 0 N–H and O–H groups in total. The molecule has 0 unspecified atom stereocenters. The minimum absolute atomic E-state index is 0.842. The Morgan fingerprint density at radius 2 is 1.93 bits per heavy atom. The van der Waals surface area contributed by atoms with Crippen LogP contribution in [0.5, 0.6) is 0 Å². The van der Waals surface area contributed by atoms with Gasteiger partial charge in [-0.2, -0.15) is 0 Å². The van der Waals surface area contributed by atoms with Crippen molar-refractivity contribution in [2.45, 2.75) is 52.5 Å². The van der Waals surface area contributed by atoms with Crippen LogP contribution >= 0.6 is 0 Å². The molecule has 0 saturated carbocycles. The quantitative estimate of drug-likeness (QED) is 0.643. The first kappa shape index (κ1) is 17.6. The molecule has 3 aromatic heterocycles. The second-order valence-corrected chi connectivity index (χ2v) is 8.24. The highest BCUT2D eigenvalue weighted by atomic mass is 15.1. The van der Waals surface area contributed by atoms with Crippen LogP contribution in [-0.2, 0) is 19.4 Å². The summed E-state index contributed by atoms with van der Waals surface area (Å²) in [5.41, 5.74) is 10.1. The van der Waals surface area contributed by atoms with Crippen molar-refractivity contribution in [3.05, 3.63) is 52.4 Å². The lowest BCUT2D eigenvalue weighted by atomic mass is 9.91. The number of pyridine rings is 1. The molecule has 0 amide bonds. The van der Waals surface area contributed by atoms with Crippen molar-refractivity contribution in [1.29, 1.82) is 0 Å². The number of rotatable bonds is 1. The van der Waals surface area contributed by atoms with Gasteiger partial charge in [-0.1, -0.05) is 6.07 Å². The largest absolute Gasteiger partial charge is 0.317 e. The third-order valence-corrected chi connectivity index (χ3v) is 6.06. The van der Waals surface area contributed by atoms with Crippen LogP contribution in [-0.4, -0.2) is 38.0 Å². The minimum atomic E-state index is 0.842. The second kappa shape index (κ2) is 6.82. The highest BCUT2D eigenvalue weighted by molar-refractivity contribution is 5.87. The standard InChI is InChI=1S/C23H27N5/c1-15-9-10-18-17(6-4-7-20(18)25-15)13-28-21-8-5-11-27(3)14-19(21)23-22(28)12-24-16(2)26-23/h9-10,12-13H,4-8,11,14H2,1-3H3/b17-13+. The number of allylic oxidation sites excluding steroid dienone is 1. The zero-order chi connectivity index (χ0) is 19.3. The lowest BCUT2D eigenvalue weighted by Gasteiger charge is -2.19. The van der Waals surface area contributed by atoms with E-state index in [1.807, 2.05) is 13.1 Å². The van der Waals surface area contributed by atoms with Gasteiger partial charge in [-0.05, 0) is 71.2 Å². The molecule has 1 aliphatic carbocycles. The first-order valence-electron chi connectivity index (χ1n) is 10.3. The van der Waals surface area contributed by atoms with Gasteiger partial charge in [-0.15, -0.1) is 0 Å². The van der Waals surface area contributed by atoms with E-state index < -0.39 is 0 Å². The molecule has 0 fully saturated rings. The summed E-state index contributed by atoms with van der Waals surface area (Å²) in [6.07, 6.45) is 9.94. The third-order valence-electron chi connectivity index (χ3n) is 6.06. The van der Waals surface area contributed by atoms with Crippen LogP contribution in [0.4, 0.5) is 0 Å². The molecule has 0 spiro atoms. The summed E-state index contributed by atoms with van der Waals surface area (Å²) >= 11 is 0. The summed E-state index contributed by atoms with van der Waals surface area (Å²) in [5, 5.41) is 0. The molecule has 5 heteroatoms. The molecule has 0 aromatic carbocycles. The van der Waals surface area contributed by atoms with Gasteiger partial charge in [-0.25, -0.2) is 9.97 Å². The maximum Gasteiger partial charge on any atom is 0.126 e. The van der Waals surface area contributed by atoms with E-state index in [4.69, 9.17) is 9.97 Å². The lowest BCUT2D eigenvalue weighted by Crippen LogP contribution is -2.17. The van der Waals surface area contributed by atoms with Crippen LogP contribution in [0.1, 0.15) is 53.3 Å². The molecule has 28 heavy (non-hydrogen) atoms. The Morgan fingerprint density at radius 1 is 1.04 bits per heavy atom. The van der Waals surface area contributed by atoms with Gasteiger partial charge in [0.1, 0.15) is 5.82 Å². The van der Waals surface area contributed by atoms with Crippen LogP contribution in [0.25, 0.3) is 22.8 Å². The van der Waals surface area contributed by atoms with E-state index in [0.717, 1.165) is 61.3 Å². The number of hydrogen-bond acceptors (Lipinski definition) is 4. The molecule has 0 atom stereocenters.